The van der Waals surface area contributed by atoms with E-state index in [1.807, 2.05) is 6.07 Å². The minimum absolute atomic E-state index is 0.00859. The molecule has 0 bridgehead atoms. The van der Waals surface area contributed by atoms with E-state index in [1.54, 1.807) is 48.5 Å². The third kappa shape index (κ3) is 4.36. The van der Waals surface area contributed by atoms with Gasteiger partial charge in [-0.2, -0.15) is 5.26 Å². The number of carbonyl (C=O) groups excluding carboxylic acids is 1. The van der Waals surface area contributed by atoms with Crippen molar-refractivity contribution < 1.29 is 14.3 Å². The summed E-state index contributed by atoms with van der Waals surface area (Å²) in [7, 11) is 0. The molecule has 21 heavy (non-hydrogen) atoms. The number of benzene rings is 2. The first-order valence-electron chi connectivity index (χ1n) is 6.56. The van der Waals surface area contributed by atoms with Gasteiger partial charge in [0.1, 0.15) is 24.7 Å². The molecule has 0 saturated heterocycles. The lowest BCUT2D eigenvalue weighted by Gasteiger charge is -2.09. The van der Waals surface area contributed by atoms with Crippen molar-refractivity contribution in [2.75, 3.05) is 13.2 Å². The van der Waals surface area contributed by atoms with Gasteiger partial charge >= 0.3 is 0 Å². The second-order valence-electron chi connectivity index (χ2n) is 4.42. The van der Waals surface area contributed by atoms with Crippen molar-refractivity contribution in [2.24, 2.45) is 0 Å². The number of ketones is 1. The molecule has 0 spiro atoms. The number of carbonyl (C=O) groups is 1. The fraction of sp³-hybridized carbons (Fsp3) is 0.176. The number of hydrogen-bond acceptors (Lipinski definition) is 4. The molecule has 0 radical (unpaired) electrons. The summed E-state index contributed by atoms with van der Waals surface area (Å²) in [4.78, 5) is 11.3. The summed E-state index contributed by atoms with van der Waals surface area (Å²) < 4.78 is 11.0. The number of rotatable bonds is 6. The molecule has 0 N–H and O–H groups in total. The molecular weight excluding hydrogens is 266 g/mol. The topological polar surface area (TPSA) is 59.3 Å². The highest BCUT2D eigenvalue weighted by atomic mass is 16.5. The van der Waals surface area contributed by atoms with Crippen molar-refractivity contribution in [3.63, 3.8) is 0 Å². The molecule has 2 rings (SSSR count). The Bertz CT molecular complexity index is 656. The van der Waals surface area contributed by atoms with Crippen LogP contribution >= 0.6 is 0 Å². The number of hydrogen-bond donors (Lipinski definition) is 0. The summed E-state index contributed by atoms with van der Waals surface area (Å²) in [5.74, 6) is 1.34. The van der Waals surface area contributed by atoms with Gasteiger partial charge < -0.3 is 9.47 Å². The number of nitrogens with zero attached hydrogens (tertiary/aromatic N) is 1. The first-order valence-corrected chi connectivity index (χ1v) is 6.56. The van der Waals surface area contributed by atoms with Gasteiger partial charge in [0.15, 0.2) is 5.78 Å². The average molecular weight is 281 g/mol. The predicted molar refractivity (Wildman–Crippen MR) is 78.6 cm³/mol. The van der Waals surface area contributed by atoms with E-state index in [-0.39, 0.29) is 5.78 Å². The molecular formula is C17H15NO3. The quantitative estimate of drug-likeness (QED) is 0.602. The van der Waals surface area contributed by atoms with Crippen molar-refractivity contribution in [1.82, 2.24) is 0 Å². The van der Waals surface area contributed by atoms with Crippen LogP contribution in [0.1, 0.15) is 22.8 Å². The zero-order valence-corrected chi connectivity index (χ0v) is 11.7. The summed E-state index contributed by atoms with van der Waals surface area (Å²) >= 11 is 0. The minimum Gasteiger partial charge on any atom is -0.490 e. The standard InChI is InChI=1S/C17H15NO3/c1-13(19)15-3-2-4-17(11-15)21-10-9-20-16-7-5-14(12-18)6-8-16/h2-8,11H,9-10H2,1H3. The Labute approximate surface area is 123 Å². The largest absolute Gasteiger partial charge is 0.490 e. The summed E-state index contributed by atoms with van der Waals surface area (Å²) in [5, 5.41) is 8.70. The number of ether oxygens (including phenoxy) is 2. The van der Waals surface area contributed by atoms with Crippen LogP contribution in [0.2, 0.25) is 0 Å². The van der Waals surface area contributed by atoms with Crippen LogP contribution in [-0.4, -0.2) is 19.0 Å². The van der Waals surface area contributed by atoms with Crippen molar-refractivity contribution in [3.8, 4) is 17.6 Å². The zero-order valence-electron chi connectivity index (χ0n) is 11.7. The Hall–Kier alpha value is -2.80. The predicted octanol–water partition coefficient (Wildman–Crippen LogP) is 3.22. The van der Waals surface area contributed by atoms with E-state index in [9.17, 15) is 4.79 Å². The number of Topliss-reactive ketones (excluding diaryl/α,β-unsaturated/α-hetero) is 1. The van der Waals surface area contributed by atoms with Crippen LogP contribution in [0.3, 0.4) is 0 Å². The lowest BCUT2D eigenvalue weighted by Crippen LogP contribution is -2.09. The molecule has 0 aromatic heterocycles. The van der Waals surface area contributed by atoms with Crippen LogP contribution in [-0.2, 0) is 0 Å². The Balaban J connectivity index is 1.80. The summed E-state index contributed by atoms with van der Waals surface area (Å²) in [6, 6.07) is 16.0. The third-order valence-corrected chi connectivity index (χ3v) is 2.84. The van der Waals surface area contributed by atoms with Crippen LogP contribution < -0.4 is 9.47 Å². The fourth-order valence-electron chi connectivity index (χ4n) is 1.75. The molecule has 0 unspecified atom stereocenters. The Kier molecular flexibility index (Phi) is 4.94. The SMILES string of the molecule is CC(=O)c1cccc(OCCOc2ccc(C#N)cc2)c1. The van der Waals surface area contributed by atoms with Gasteiger partial charge in [0.05, 0.1) is 11.6 Å². The van der Waals surface area contributed by atoms with E-state index < -0.39 is 0 Å². The van der Waals surface area contributed by atoms with Gasteiger partial charge in [-0.25, -0.2) is 0 Å². The maximum Gasteiger partial charge on any atom is 0.159 e. The Morgan fingerprint density at radius 3 is 2.33 bits per heavy atom. The molecule has 0 heterocycles. The molecule has 0 aliphatic carbocycles. The molecule has 0 fully saturated rings. The molecule has 4 nitrogen and oxygen atoms in total. The van der Waals surface area contributed by atoms with Crippen LogP contribution in [0.5, 0.6) is 11.5 Å². The summed E-state index contributed by atoms with van der Waals surface area (Å²) in [5.41, 5.74) is 1.22. The van der Waals surface area contributed by atoms with Crippen molar-refractivity contribution in [3.05, 3.63) is 59.7 Å². The van der Waals surface area contributed by atoms with Gasteiger partial charge in [0.25, 0.3) is 0 Å². The molecule has 0 atom stereocenters. The van der Waals surface area contributed by atoms with E-state index in [0.717, 1.165) is 0 Å². The molecule has 106 valence electrons. The molecule has 2 aromatic rings. The molecule has 4 heteroatoms. The van der Waals surface area contributed by atoms with Gasteiger partial charge in [-0.3, -0.25) is 4.79 Å². The number of nitriles is 1. The maximum absolute atomic E-state index is 11.3. The Morgan fingerprint density at radius 2 is 1.71 bits per heavy atom. The lowest BCUT2D eigenvalue weighted by molar-refractivity contribution is 0.101. The first-order chi connectivity index (χ1) is 10.2. The smallest absolute Gasteiger partial charge is 0.159 e. The van der Waals surface area contributed by atoms with Gasteiger partial charge in [0.2, 0.25) is 0 Å². The minimum atomic E-state index is 0.00859. The van der Waals surface area contributed by atoms with E-state index in [2.05, 4.69) is 0 Å². The highest BCUT2D eigenvalue weighted by molar-refractivity contribution is 5.94. The van der Waals surface area contributed by atoms with Crippen molar-refractivity contribution in [2.45, 2.75) is 6.92 Å². The zero-order chi connectivity index (χ0) is 15.1. The highest BCUT2D eigenvalue weighted by Crippen LogP contribution is 2.14. The molecule has 0 saturated carbocycles. The van der Waals surface area contributed by atoms with Crippen molar-refractivity contribution >= 4 is 5.78 Å². The van der Waals surface area contributed by atoms with E-state index in [4.69, 9.17) is 14.7 Å². The summed E-state index contributed by atoms with van der Waals surface area (Å²) in [6.07, 6.45) is 0. The first kappa shape index (κ1) is 14.6. The van der Waals surface area contributed by atoms with E-state index >= 15 is 0 Å². The van der Waals surface area contributed by atoms with Crippen LogP contribution in [0.4, 0.5) is 0 Å². The Morgan fingerprint density at radius 1 is 1.05 bits per heavy atom. The molecule has 0 aliphatic heterocycles. The average Bonchev–Trinajstić information content (AvgIpc) is 2.52. The summed E-state index contributed by atoms with van der Waals surface area (Å²) in [6.45, 7) is 2.28. The van der Waals surface area contributed by atoms with Gasteiger partial charge in [-0.1, -0.05) is 12.1 Å². The van der Waals surface area contributed by atoms with Gasteiger partial charge in [-0.05, 0) is 43.3 Å². The van der Waals surface area contributed by atoms with Crippen LogP contribution in [0.25, 0.3) is 0 Å². The van der Waals surface area contributed by atoms with E-state index in [0.29, 0.717) is 35.8 Å². The highest BCUT2D eigenvalue weighted by Gasteiger charge is 2.01. The second-order valence-corrected chi connectivity index (χ2v) is 4.42. The maximum atomic E-state index is 11.3. The van der Waals surface area contributed by atoms with Gasteiger partial charge in [-0.15, -0.1) is 0 Å². The monoisotopic (exact) mass is 281 g/mol. The van der Waals surface area contributed by atoms with Gasteiger partial charge in [0, 0.05) is 5.56 Å². The fourth-order valence-corrected chi connectivity index (χ4v) is 1.75. The lowest BCUT2D eigenvalue weighted by atomic mass is 10.1. The molecule has 0 amide bonds. The molecule has 2 aromatic carbocycles. The van der Waals surface area contributed by atoms with Crippen LogP contribution in [0.15, 0.2) is 48.5 Å². The second kappa shape index (κ2) is 7.11. The third-order valence-electron chi connectivity index (χ3n) is 2.84. The van der Waals surface area contributed by atoms with E-state index in [1.165, 1.54) is 6.92 Å². The normalized spacial score (nSPS) is 9.71. The molecule has 0 aliphatic rings. The van der Waals surface area contributed by atoms with Crippen molar-refractivity contribution in [1.29, 1.82) is 5.26 Å². The van der Waals surface area contributed by atoms with Crippen LogP contribution in [0, 0.1) is 11.3 Å².